The fraction of sp³-hybridized carbons (Fsp3) is 0.250. The van der Waals surface area contributed by atoms with Crippen LogP contribution in [0.1, 0.15) is 30.3 Å². The maximum absolute atomic E-state index is 12.6. The Labute approximate surface area is 171 Å². The highest BCUT2D eigenvalue weighted by Crippen LogP contribution is 2.24. The number of nitrogens with zero attached hydrogens (tertiary/aromatic N) is 2. The van der Waals surface area contributed by atoms with E-state index >= 15 is 0 Å². The van der Waals surface area contributed by atoms with E-state index in [2.05, 4.69) is 39.6 Å². The standard InChI is InChI=1S/C24H26N4O/c1-18-12-15-28(16-13-18)22-9-7-20(8-10-22)27-24(29)23-17-21(11-14-25-23)26-19-5-3-2-4-6-19/h2-11,14,17-18H,12-13,15-16H2,1H3,(H,25,26)(H,27,29). The minimum absolute atomic E-state index is 0.221. The van der Waals surface area contributed by atoms with Crippen molar-refractivity contribution in [3.05, 3.63) is 78.6 Å². The lowest BCUT2D eigenvalue weighted by Gasteiger charge is -2.32. The van der Waals surface area contributed by atoms with E-state index in [-0.39, 0.29) is 5.91 Å². The van der Waals surface area contributed by atoms with Crippen molar-refractivity contribution in [1.82, 2.24) is 4.98 Å². The summed E-state index contributed by atoms with van der Waals surface area (Å²) in [4.78, 5) is 19.3. The summed E-state index contributed by atoms with van der Waals surface area (Å²) in [5.41, 5.74) is 4.15. The molecule has 2 aromatic carbocycles. The van der Waals surface area contributed by atoms with Gasteiger partial charge in [0.25, 0.3) is 5.91 Å². The van der Waals surface area contributed by atoms with E-state index in [4.69, 9.17) is 0 Å². The molecule has 1 amide bonds. The number of nitrogens with one attached hydrogen (secondary N) is 2. The Bertz CT molecular complexity index is 948. The lowest BCUT2D eigenvalue weighted by atomic mass is 9.99. The predicted molar refractivity (Wildman–Crippen MR) is 119 cm³/mol. The van der Waals surface area contributed by atoms with E-state index in [1.54, 1.807) is 12.3 Å². The number of carbonyl (C=O) groups is 1. The zero-order valence-electron chi connectivity index (χ0n) is 16.6. The van der Waals surface area contributed by atoms with Crippen LogP contribution < -0.4 is 15.5 Å². The summed E-state index contributed by atoms with van der Waals surface area (Å²) in [6.07, 6.45) is 4.11. The van der Waals surface area contributed by atoms with Crippen molar-refractivity contribution in [3.63, 3.8) is 0 Å². The van der Waals surface area contributed by atoms with E-state index in [1.165, 1.54) is 18.5 Å². The number of carbonyl (C=O) groups excluding carboxylic acids is 1. The molecule has 0 unspecified atom stereocenters. The molecule has 1 aliphatic heterocycles. The second-order valence-corrected chi connectivity index (χ2v) is 7.59. The fourth-order valence-electron chi connectivity index (χ4n) is 3.54. The van der Waals surface area contributed by atoms with Crippen LogP contribution in [-0.4, -0.2) is 24.0 Å². The lowest BCUT2D eigenvalue weighted by Crippen LogP contribution is -2.32. The van der Waals surface area contributed by atoms with Crippen molar-refractivity contribution in [1.29, 1.82) is 0 Å². The van der Waals surface area contributed by atoms with Crippen molar-refractivity contribution >= 4 is 28.7 Å². The number of benzene rings is 2. The number of para-hydroxylation sites is 1. The van der Waals surface area contributed by atoms with Crippen molar-refractivity contribution in [2.24, 2.45) is 5.92 Å². The highest BCUT2D eigenvalue weighted by Gasteiger charge is 2.16. The van der Waals surface area contributed by atoms with Crippen LogP contribution in [0.25, 0.3) is 0 Å². The summed E-state index contributed by atoms with van der Waals surface area (Å²) in [6.45, 7) is 4.50. The highest BCUT2D eigenvalue weighted by atomic mass is 16.1. The van der Waals surface area contributed by atoms with Gasteiger partial charge in [-0.3, -0.25) is 9.78 Å². The molecular formula is C24H26N4O. The molecule has 3 aromatic rings. The normalized spacial score (nSPS) is 14.4. The fourth-order valence-corrected chi connectivity index (χ4v) is 3.54. The van der Waals surface area contributed by atoms with Gasteiger partial charge in [-0.2, -0.15) is 0 Å². The first-order valence-electron chi connectivity index (χ1n) is 10.1. The average molecular weight is 386 g/mol. The largest absolute Gasteiger partial charge is 0.372 e. The van der Waals surface area contributed by atoms with Crippen LogP contribution in [-0.2, 0) is 0 Å². The third kappa shape index (κ3) is 4.93. The molecule has 2 N–H and O–H groups in total. The van der Waals surface area contributed by atoms with Crippen molar-refractivity contribution in [2.75, 3.05) is 28.6 Å². The Balaban J connectivity index is 1.39. The quantitative estimate of drug-likeness (QED) is 0.624. The van der Waals surface area contributed by atoms with Crippen LogP contribution >= 0.6 is 0 Å². The topological polar surface area (TPSA) is 57.3 Å². The average Bonchev–Trinajstić information content (AvgIpc) is 2.76. The van der Waals surface area contributed by atoms with Crippen LogP contribution in [0.3, 0.4) is 0 Å². The molecule has 0 saturated carbocycles. The first-order chi connectivity index (χ1) is 14.2. The maximum Gasteiger partial charge on any atom is 0.274 e. The third-order valence-corrected chi connectivity index (χ3v) is 5.33. The van der Waals surface area contributed by atoms with E-state index in [0.717, 1.165) is 36.1 Å². The Morgan fingerprint density at radius 1 is 0.931 bits per heavy atom. The number of hydrogen-bond donors (Lipinski definition) is 2. The van der Waals surface area contributed by atoms with Gasteiger partial charge in [0.05, 0.1) is 0 Å². The molecule has 1 aliphatic rings. The van der Waals surface area contributed by atoms with Gasteiger partial charge in [-0.25, -0.2) is 0 Å². The minimum Gasteiger partial charge on any atom is -0.372 e. The first-order valence-corrected chi connectivity index (χ1v) is 10.1. The summed E-state index contributed by atoms with van der Waals surface area (Å²) in [7, 11) is 0. The highest BCUT2D eigenvalue weighted by molar-refractivity contribution is 6.03. The zero-order valence-corrected chi connectivity index (χ0v) is 16.6. The van der Waals surface area contributed by atoms with Gasteiger partial charge in [-0.05, 0) is 67.3 Å². The number of hydrogen-bond acceptors (Lipinski definition) is 4. The van der Waals surface area contributed by atoms with Crippen LogP contribution in [0.15, 0.2) is 72.9 Å². The van der Waals surface area contributed by atoms with Crippen molar-refractivity contribution in [3.8, 4) is 0 Å². The van der Waals surface area contributed by atoms with Gasteiger partial charge in [0, 0.05) is 42.0 Å². The molecule has 5 nitrogen and oxygen atoms in total. The van der Waals surface area contributed by atoms with Gasteiger partial charge in [0.1, 0.15) is 5.69 Å². The van der Waals surface area contributed by atoms with Crippen molar-refractivity contribution < 1.29 is 4.79 Å². The SMILES string of the molecule is CC1CCN(c2ccc(NC(=O)c3cc(Nc4ccccc4)ccn3)cc2)CC1. The van der Waals surface area contributed by atoms with E-state index in [0.29, 0.717) is 5.69 Å². The summed E-state index contributed by atoms with van der Waals surface area (Å²) >= 11 is 0. The smallest absolute Gasteiger partial charge is 0.274 e. The number of rotatable bonds is 5. The van der Waals surface area contributed by atoms with Gasteiger partial charge >= 0.3 is 0 Å². The number of aromatic nitrogens is 1. The molecule has 1 saturated heterocycles. The third-order valence-electron chi connectivity index (χ3n) is 5.33. The second kappa shape index (κ2) is 8.78. The minimum atomic E-state index is -0.221. The Hall–Kier alpha value is -3.34. The Morgan fingerprint density at radius 2 is 1.66 bits per heavy atom. The monoisotopic (exact) mass is 386 g/mol. The number of amides is 1. The summed E-state index contributed by atoms with van der Waals surface area (Å²) < 4.78 is 0. The number of anilines is 4. The molecular weight excluding hydrogens is 360 g/mol. The van der Waals surface area contributed by atoms with E-state index in [9.17, 15) is 4.79 Å². The van der Waals surface area contributed by atoms with Crippen LogP contribution in [0.5, 0.6) is 0 Å². The molecule has 0 aliphatic carbocycles. The summed E-state index contributed by atoms with van der Waals surface area (Å²) in [6, 6.07) is 21.5. The summed E-state index contributed by atoms with van der Waals surface area (Å²) in [5, 5.41) is 6.22. The maximum atomic E-state index is 12.6. The molecule has 1 aromatic heterocycles. The molecule has 2 heterocycles. The molecule has 29 heavy (non-hydrogen) atoms. The molecule has 148 valence electrons. The van der Waals surface area contributed by atoms with Gasteiger partial charge in [-0.1, -0.05) is 25.1 Å². The van der Waals surface area contributed by atoms with Gasteiger partial charge < -0.3 is 15.5 Å². The van der Waals surface area contributed by atoms with E-state index in [1.807, 2.05) is 48.5 Å². The molecule has 0 atom stereocenters. The molecule has 1 fully saturated rings. The lowest BCUT2D eigenvalue weighted by molar-refractivity contribution is 0.102. The first kappa shape index (κ1) is 19.0. The zero-order chi connectivity index (χ0) is 20.1. The predicted octanol–water partition coefficient (Wildman–Crippen LogP) is 5.31. The molecule has 4 rings (SSSR count). The summed E-state index contributed by atoms with van der Waals surface area (Å²) in [5.74, 6) is 0.589. The van der Waals surface area contributed by atoms with Gasteiger partial charge in [-0.15, -0.1) is 0 Å². The van der Waals surface area contributed by atoms with Gasteiger partial charge in [0.2, 0.25) is 0 Å². The van der Waals surface area contributed by atoms with Crippen LogP contribution in [0, 0.1) is 5.92 Å². The van der Waals surface area contributed by atoms with Crippen molar-refractivity contribution in [2.45, 2.75) is 19.8 Å². The van der Waals surface area contributed by atoms with E-state index < -0.39 is 0 Å². The molecule has 0 spiro atoms. The van der Waals surface area contributed by atoms with Gasteiger partial charge in [0.15, 0.2) is 0 Å². The Kier molecular flexibility index (Phi) is 5.75. The number of piperidine rings is 1. The Morgan fingerprint density at radius 3 is 2.38 bits per heavy atom. The molecule has 0 radical (unpaired) electrons. The van der Waals surface area contributed by atoms with Crippen LogP contribution in [0.2, 0.25) is 0 Å². The molecule has 5 heteroatoms. The van der Waals surface area contributed by atoms with Crippen LogP contribution in [0.4, 0.5) is 22.7 Å². The molecule has 0 bridgehead atoms. The second-order valence-electron chi connectivity index (χ2n) is 7.59. The number of pyridine rings is 1.